The first kappa shape index (κ1) is 16.3. The van der Waals surface area contributed by atoms with Gasteiger partial charge in [-0.1, -0.05) is 23.7 Å². The monoisotopic (exact) mass is 299 g/mol. The van der Waals surface area contributed by atoms with Crippen molar-refractivity contribution in [2.45, 2.75) is 13.3 Å². The summed E-state index contributed by atoms with van der Waals surface area (Å²) in [6.07, 6.45) is 0.177. The molecule has 0 N–H and O–H groups in total. The van der Waals surface area contributed by atoms with Crippen molar-refractivity contribution in [3.8, 4) is 5.75 Å². The molecule has 5 nitrogen and oxygen atoms in total. The molecular formula is C14H18ClNO4. The molecule has 1 aromatic carbocycles. The van der Waals surface area contributed by atoms with Gasteiger partial charge in [-0.3, -0.25) is 9.59 Å². The van der Waals surface area contributed by atoms with E-state index in [1.807, 2.05) is 0 Å². The smallest absolute Gasteiger partial charge is 0.325 e. The second kappa shape index (κ2) is 8.43. The lowest BCUT2D eigenvalue weighted by Crippen LogP contribution is -2.36. The Balaban J connectivity index is 2.42. The molecule has 110 valence electrons. The van der Waals surface area contributed by atoms with Crippen LogP contribution in [0.4, 0.5) is 0 Å². The normalized spacial score (nSPS) is 9.95. The van der Waals surface area contributed by atoms with Gasteiger partial charge in [-0.25, -0.2) is 0 Å². The molecule has 0 bridgehead atoms. The number of esters is 1. The number of rotatable bonds is 7. The van der Waals surface area contributed by atoms with E-state index in [0.29, 0.717) is 17.3 Å². The maximum absolute atomic E-state index is 11.9. The van der Waals surface area contributed by atoms with Crippen LogP contribution >= 0.6 is 11.6 Å². The summed E-state index contributed by atoms with van der Waals surface area (Å²) in [5.41, 5.74) is 0. The quantitative estimate of drug-likeness (QED) is 0.724. The number of hydrogen-bond acceptors (Lipinski definition) is 4. The minimum absolute atomic E-state index is 0.0437. The summed E-state index contributed by atoms with van der Waals surface area (Å²) in [4.78, 5) is 24.5. The number of nitrogens with zero attached hydrogens (tertiary/aromatic N) is 1. The lowest BCUT2D eigenvalue weighted by Gasteiger charge is -2.19. The molecule has 0 radical (unpaired) electrons. The summed E-state index contributed by atoms with van der Waals surface area (Å²) >= 11 is 5.94. The van der Waals surface area contributed by atoms with Crippen molar-refractivity contribution in [2.24, 2.45) is 0 Å². The van der Waals surface area contributed by atoms with Gasteiger partial charge >= 0.3 is 5.97 Å². The Labute approximate surface area is 123 Å². The maximum Gasteiger partial charge on any atom is 0.325 e. The molecule has 0 saturated heterocycles. The SMILES string of the molecule is CCN(CC(=O)OC)C(=O)CCOc1ccccc1Cl. The predicted molar refractivity (Wildman–Crippen MR) is 75.8 cm³/mol. The molecule has 0 saturated carbocycles. The Hall–Kier alpha value is -1.75. The lowest BCUT2D eigenvalue weighted by atomic mass is 10.3. The van der Waals surface area contributed by atoms with E-state index < -0.39 is 5.97 Å². The molecule has 0 spiro atoms. The van der Waals surface area contributed by atoms with Gasteiger partial charge in [-0.15, -0.1) is 0 Å². The highest BCUT2D eigenvalue weighted by Gasteiger charge is 2.15. The van der Waals surface area contributed by atoms with Gasteiger partial charge in [-0.2, -0.15) is 0 Å². The summed E-state index contributed by atoms with van der Waals surface area (Å²) < 4.78 is 9.98. The highest BCUT2D eigenvalue weighted by atomic mass is 35.5. The first-order valence-corrected chi connectivity index (χ1v) is 6.68. The molecule has 0 aliphatic heterocycles. The van der Waals surface area contributed by atoms with Gasteiger partial charge in [-0.05, 0) is 19.1 Å². The number of likely N-dealkylation sites (N-methyl/N-ethyl adjacent to an activating group) is 1. The average Bonchev–Trinajstić information content (AvgIpc) is 2.46. The number of halogens is 1. The molecule has 0 fully saturated rings. The largest absolute Gasteiger partial charge is 0.491 e. The molecule has 0 unspecified atom stereocenters. The fourth-order valence-electron chi connectivity index (χ4n) is 1.56. The van der Waals surface area contributed by atoms with Crippen LogP contribution in [0.1, 0.15) is 13.3 Å². The van der Waals surface area contributed by atoms with Crippen LogP contribution in [-0.4, -0.2) is 43.6 Å². The molecule has 20 heavy (non-hydrogen) atoms. The third-order valence-corrected chi connectivity index (χ3v) is 3.00. The second-order valence-electron chi connectivity index (χ2n) is 4.01. The topological polar surface area (TPSA) is 55.8 Å². The summed E-state index contributed by atoms with van der Waals surface area (Å²) in [5.74, 6) is -0.0600. The van der Waals surface area contributed by atoms with E-state index in [0.717, 1.165) is 0 Å². The van der Waals surface area contributed by atoms with E-state index in [4.69, 9.17) is 16.3 Å². The third kappa shape index (κ3) is 5.09. The van der Waals surface area contributed by atoms with E-state index in [1.165, 1.54) is 12.0 Å². The van der Waals surface area contributed by atoms with Crippen LogP contribution in [0.2, 0.25) is 5.02 Å². The molecule has 1 amide bonds. The molecule has 0 heterocycles. The minimum Gasteiger partial charge on any atom is -0.491 e. The molecule has 0 aromatic heterocycles. The van der Waals surface area contributed by atoms with Gasteiger partial charge in [0.1, 0.15) is 12.3 Å². The summed E-state index contributed by atoms with van der Waals surface area (Å²) in [7, 11) is 1.29. The number of para-hydroxylation sites is 1. The molecule has 0 atom stereocenters. The van der Waals surface area contributed by atoms with Crippen LogP contribution in [0.15, 0.2) is 24.3 Å². The summed E-state index contributed by atoms with van der Waals surface area (Å²) in [6.45, 7) is 2.41. The van der Waals surface area contributed by atoms with Gasteiger partial charge in [0.15, 0.2) is 0 Å². The average molecular weight is 300 g/mol. The number of ether oxygens (including phenoxy) is 2. The van der Waals surface area contributed by atoms with Gasteiger partial charge < -0.3 is 14.4 Å². The predicted octanol–water partition coefficient (Wildman–Crippen LogP) is 2.13. The fraction of sp³-hybridized carbons (Fsp3) is 0.429. The number of amides is 1. The van der Waals surface area contributed by atoms with Crippen LogP contribution in [0.25, 0.3) is 0 Å². The Morgan fingerprint density at radius 1 is 1.30 bits per heavy atom. The van der Waals surface area contributed by atoms with Gasteiger partial charge in [0.25, 0.3) is 0 Å². The van der Waals surface area contributed by atoms with Crippen molar-refractivity contribution >= 4 is 23.5 Å². The van der Waals surface area contributed by atoms with Crippen molar-refractivity contribution in [3.63, 3.8) is 0 Å². The number of benzene rings is 1. The van der Waals surface area contributed by atoms with Crippen molar-refractivity contribution in [1.29, 1.82) is 0 Å². The Morgan fingerprint density at radius 3 is 2.60 bits per heavy atom. The number of carbonyl (C=O) groups excluding carboxylic acids is 2. The highest BCUT2D eigenvalue weighted by molar-refractivity contribution is 6.32. The molecule has 0 aliphatic rings. The first-order valence-electron chi connectivity index (χ1n) is 6.30. The zero-order valence-electron chi connectivity index (χ0n) is 11.6. The van der Waals surface area contributed by atoms with Crippen LogP contribution in [0, 0.1) is 0 Å². The zero-order valence-corrected chi connectivity index (χ0v) is 12.4. The number of hydrogen-bond donors (Lipinski definition) is 0. The van der Waals surface area contributed by atoms with E-state index in [2.05, 4.69) is 4.74 Å². The van der Waals surface area contributed by atoms with Crippen molar-refractivity contribution in [3.05, 3.63) is 29.3 Å². The molecule has 0 aliphatic carbocycles. The van der Waals surface area contributed by atoms with E-state index in [-0.39, 0.29) is 25.5 Å². The number of carbonyl (C=O) groups is 2. The maximum atomic E-state index is 11.9. The highest BCUT2D eigenvalue weighted by Crippen LogP contribution is 2.23. The van der Waals surface area contributed by atoms with E-state index in [9.17, 15) is 9.59 Å². The fourth-order valence-corrected chi connectivity index (χ4v) is 1.76. The standard InChI is InChI=1S/C14H18ClNO4/c1-3-16(10-14(18)19-2)13(17)8-9-20-12-7-5-4-6-11(12)15/h4-7H,3,8-10H2,1-2H3. The van der Waals surface area contributed by atoms with Crippen molar-refractivity contribution in [2.75, 3.05) is 26.8 Å². The Morgan fingerprint density at radius 2 is 2.00 bits per heavy atom. The minimum atomic E-state index is -0.438. The Bertz CT molecular complexity index is 464. The third-order valence-electron chi connectivity index (χ3n) is 2.69. The van der Waals surface area contributed by atoms with E-state index >= 15 is 0 Å². The van der Waals surface area contributed by atoms with Crippen LogP contribution in [-0.2, 0) is 14.3 Å². The molecule has 1 aromatic rings. The van der Waals surface area contributed by atoms with Gasteiger partial charge in [0.2, 0.25) is 5.91 Å². The van der Waals surface area contributed by atoms with E-state index in [1.54, 1.807) is 31.2 Å². The van der Waals surface area contributed by atoms with Gasteiger partial charge in [0.05, 0.1) is 25.2 Å². The van der Waals surface area contributed by atoms with Crippen LogP contribution < -0.4 is 4.74 Å². The van der Waals surface area contributed by atoms with Crippen LogP contribution in [0.3, 0.4) is 0 Å². The molecule has 6 heteroatoms. The summed E-state index contributed by atoms with van der Waals surface area (Å²) in [6, 6.07) is 7.06. The Kier molecular flexibility index (Phi) is 6.87. The lowest BCUT2D eigenvalue weighted by molar-refractivity contribution is -0.147. The molecule has 1 rings (SSSR count). The van der Waals surface area contributed by atoms with Gasteiger partial charge in [0, 0.05) is 6.54 Å². The van der Waals surface area contributed by atoms with Crippen molar-refractivity contribution in [1.82, 2.24) is 4.90 Å². The first-order chi connectivity index (χ1) is 9.58. The van der Waals surface area contributed by atoms with Crippen molar-refractivity contribution < 1.29 is 19.1 Å². The molecular weight excluding hydrogens is 282 g/mol. The second-order valence-corrected chi connectivity index (χ2v) is 4.42. The summed E-state index contributed by atoms with van der Waals surface area (Å²) in [5, 5.41) is 0.502. The number of methoxy groups -OCH3 is 1. The van der Waals surface area contributed by atoms with Crippen LogP contribution in [0.5, 0.6) is 5.75 Å². The zero-order chi connectivity index (χ0) is 15.0.